The van der Waals surface area contributed by atoms with Gasteiger partial charge in [-0.3, -0.25) is 9.10 Å². The van der Waals surface area contributed by atoms with E-state index in [1.165, 1.54) is 0 Å². The molecular weight excluding hydrogens is 390 g/mol. The van der Waals surface area contributed by atoms with Gasteiger partial charge in [-0.2, -0.15) is 0 Å². The number of hydrogen-bond acceptors (Lipinski definition) is 5. The lowest BCUT2D eigenvalue weighted by Gasteiger charge is -2.23. The molecule has 0 radical (unpaired) electrons. The molecule has 0 saturated heterocycles. The van der Waals surface area contributed by atoms with E-state index in [9.17, 15) is 13.2 Å². The highest BCUT2D eigenvalue weighted by atomic mass is 32.2. The van der Waals surface area contributed by atoms with Gasteiger partial charge in [0.1, 0.15) is 18.9 Å². The van der Waals surface area contributed by atoms with Crippen LogP contribution >= 0.6 is 0 Å². The molecule has 29 heavy (non-hydrogen) atoms. The average Bonchev–Trinajstić information content (AvgIpc) is 2.65. The Morgan fingerprint density at radius 3 is 2.31 bits per heavy atom. The monoisotopic (exact) mass is 419 g/mol. The smallest absolute Gasteiger partial charge is 0.241 e. The summed E-state index contributed by atoms with van der Waals surface area (Å²) in [6.07, 6.45) is 1.10. The molecule has 0 aliphatic rings. The molecule has 1 N–H and O–H groups in total. The number of sulfonamides is 1. The maximum absolute atomic E-state index is 12.4. The van der Waals surface area contributed by atoms with Crippen LogP contribution in [0.25, 0.3) is 0 Å². The van der Waals surface area contributed by atoms with Crippen molar-refractivity contribution in [3.8, 4) is 5.75 Å². The summed E-state index contributed by atoms with van der Waals surface area (Å²) in [7, 11) is 0.384. The molecular formula is C21H29N3O4S. The van der Waals surface area contributed by atoms with Gasteiger partial charge in [0.05, 0.1) is 11.9 Å². The fraction of sp³-hybridized carbons (Fsp3) is 0.381. The van der Waals surface area contributed by atoms with E-state index in [4.69, 9.17) is 4.74 Å². The highest BCUT2D eigenvalue weighted by molar-refractivity contribution is 7.92. The first-order chi connectivity index (χ1) is 13.7. The Labute approximate surface area is 173 Å². The zero-order valence-electron chi connectivity index (χ0n) is 17.4. The number of ether oxygens (including phenoxy) is 1. The van der Waals surface area contributed by atoms with Crippen molar-refractivity contribution in [1.29, 1.82) is 0 Å². The maximum atomic E-state index is 12.4. The number of para-hydroxylation sites is 1. The minimum atomic E-state index is -3.59. The van der Waals surface area contributed by atoms with E-state index < -0.39 is 10.0 Å². The van der Waals surface area contributed by atoms with Crippen molar-refractivity contribution in [3.05, 3.63) is 59.7 Å². The van der Waals surface area contributed by atoms with Gasteiger partial charge in [-0.1, -0.05) is 30.3 Å². The molecule has 2 aromatic rings. The van der Waals surface area contributed by atoms with E-state index in [0.29, 0.717) is 18.8 Å². The van der Waals surface area contributed by atoms with Crippen LogP contribution in [0.3, 0.4) is 0 Å². The van der Waals surface area contributed by atoms with Crippen molar-refractivity contribution < 1.29 is 17.9 Å². The molecule has 0 aromatic heterocycles. The predicted molar refractivity (Wildman–Crippen MR) is 116 cm³/mol. The minimum absolute atomic E-state index is 0.268. The maximum Gasteiger partial charge on any atom is 0.241 e. The van der Waals surface area contributed by atoms with Crippen LogP contribution in [-0.2, 0) is 21.4 Å². The van der Waals surface area contributed by atoms with E-state index in [1.54, 1.807) is 12.1 Å². The lowest BCUT2D eigenvalue weighted by Crippen LogP contribution is -2.40. The molecule has 0 aliphatic carbocycles. The number of carbonyl (C=O) groups excluding carboxylic acids is 1. The van der Waals surface area contributed by atoms with Gasteiger partial charge < -0.3 is 15.0 Å². The standard InChI is InChI=1S/C21H29N3O4S/c1-17-7-5-6-8-20(17)24(29(4,26)27)16-21(25)22-15-18-9-11-19(12-10-18)28-14-13-23(2)3/h5-12H,13-16H2,1-4H3,(H,22,25). The lowest BCUT2D eigenvalue weighted by atomic mass is 10.2. The first-order valence-electron chi connectivity index (χ1n) is 9.33. The number of hydrogen-bond donors (Lipinski definition) is 1. The number of nitrogens with zero attached hydrogens (tertiary/aromatic N) is 2. The summed E-state index contributed by atoms with van der Waals surface area (Å²) >= 11 is 0. The lowest BCUT2D eigenvalue weighted by molar-refractivity contribution is -0.119. The van der Waals surface area contributed by atoms with Crippen LogP contribution < -0.4 is 14.4 Å². The third-order valence-electron chi connectivity index (χ3n) is 4.29. The van der Waals surface area contributed by atoms with Crippen molar-refractivity contribution in [2.45, 2.75) is 13.5 Å². The largest absolute Gasteiger partial charge is 0.492 e. The average molecular weight is 420 g/mol. The topological polar surface area (TPSA) is 79.0 Å². The quantitative estimate of drug-likeness (QED) is 0.637. The Bertz CT molecular complexity index is 912. The highest BCUT2D eigenvalue weighted by Crippen LogP contribution is 2.21. The van der Waals surface area contributed by atoms with E-state index in [1.807, 2.05) is 62.3 Å². The number of nitrogens with one attached hydrogen (secondary N) is 1. The van der Waals surface area contributed by atoms with Crippen molar-refractivity contribution in [2.75, 3.05) is 44.4 Å². The van der Waals surface area contributed by atoms with Crippen molar-refractivity contribution in [3.63, 3.8) is 0 Å². The molecule has 2 aromatic carbocycles. The van der Waals surface area contributed by atoms with Crippen LogP contribution in [0.4, 0.5) is 5.69 Å². The molecule has 7 nitrogen and oxygen atoms in total. The number of likely N-dealkylation sites (N-methyl/N-ethyl adjacent to an activating group) is 1. The molecule has 0 atom stereocenters. The number of aryl methyl sites for hydroxylation is 1. The van der Waals surface area contributed by atoms with Gasteiger partial charge in [-0.25, -0.2) is 8.42 Å². The molecule has 158 valence electrons. The predicted octanol–water partition coefficient (Wildman–Crippen LogP) is 2.02. The fourth-order valence-corrected chi connectivity index (χ4v) is 3.57. The molecule has 1 amide bonds. The van der Waals surface area contributed by atoms with Crippen molar-refractivity contribution in [2.24, 2.45) is 0 Å². The van der Waals surface area contributed by atoms with Gasteiger partial charge in [0.2, 0.25) is 15.9 Å². The first kappa shape index (κ1) is 22.7. The molecule has 0 spiro atoms. The molecule has 0 aliphatic heterocycles. The van der Waals surface area contributed by atoms with Crippen molar-refractivity contribution >= 4 is 21.6 Å². The Kier molecular flexibility index (Phi) is 8.04. The molecule has 0 heterocycles. The van der Waals surface area contributed by atoms with E-state index in [2.05, 4.69) is 5.32 Å². The normalized spacial score (nSPS) is 11.3. The third kappa shape index (κ3) is 7.40. The summed E-state index contributed by atoms with van der Waals surface area (Å²) < 4.78 is 31.1. The number of rotatable bonds is 10. The summed E-state index contributed by atoms with van der Waals surface area (Å²) in [6.45, 7) is 3.28. The minimum Gasteiger partial charge on any atom is -0.492 e. The Hall–Kier alpha value is -2.58. The van der Waals surface area contributed by atoms with Crippen LogP contribution in [0.5, 0.6) is 5.75 Å². The number of carbonyl (C=O) groups is 1. The summed E-state index contributed by atoms with van der Waals surface area (Å²) in [5.41, 5.74) is 2.19. The van der Waals surface area contributed by atoms with Gasteiger partial charge in [0.25, 0.3) is 0 Å². The van der Waals surface area contributed by atoms with Crippen LogP contribution in [0.15, 0.2) is 48.5 Å². The van der Waals surface area contributed by atoms with Gasteiger partial charge in [-0.15, -0.1) is 0 Å². The Morgan fingerprint density at radius 2 is 1.72 bits per heavy atom. The molecule has 0 saturated carbocycles. The summed E-state index contributed by atoms with van der Waals surface area (Å²) in [6, 6.07) is 14.5. The summed E-state index contributed by atoms with van der Waals surface area (Å²) in [5, 5.41) is 2.78. The zero-order valence-corrected chi connectivity index (χ0v) is 18.2. The number of benzene rings is 2. The second-order valence-corrected chi connectivity index (χ2v) is 9.04. The van der Waals surface area contributed by atoms with Gasteiger partial charge >= 0.3 is 0 Å². The van der Waals surface area contributed by atoms with Crippen LogP contribution in [-0.4, -0.2) is 59.3 Å². The summed E-state index contributed by atoms with van der Waals surface area (Å²) in [4.78, 5) is 14.4. The summed E-state index contributed by atoms with van der Waals surface area (Å²) in [5.74, 6) is 0.398. The number of amides is 1. The van der Waals surface area contributed by atoms with Gasteiger partial charge in [0, 0.05) is 13.1 Å². The first-order valence-corrected chi connectivity index (χ1v) is 11.2. The van der Waals surface area contributed by atoms with Crippen LogP contribution in [0.2, 0.25) is 0 Å². The highest BCUT2D eigenvalue weighted by Gasteiger charge is 2.21. The second kappa shape index (κ2) is 10.3. The second-order valence-electron chi connectivity index (χ2n) is 7.13. The van der Waals surface area contributed by atoms with Crippen LogP contribution in [0, 0.1) is 6.92 Å². The van der Waals surface area contributed by atoms with E-state index >= 15 is 0 Å². The van der Waals surface area contributed by atoms with E-state index in [0.717, 1.165) is 34.0 Å². The van der Waals surface area contributed by atoms with Crippen molar-refractivity contribution in [1.82, 2.24) is 10.2 Å². The SMILES string of the molecule is Cc1ccccc1N(CC(=O)NCc1ccc(OCCN(C)C)cc1)S(C)(=O)=O. The molecule has 0 bridgehead atoms. The van der Waals surface area contributed by atoms with Gasteiger partial charge in [0.15, 0.2) is 0 Å². The fourth-order valence-electron chi connectivity index (χ4n) is 2.66. The van der Waals surface area contributed by atoms with E-state index in [-0.39, 0.29) is 12.5 Å². The molecule has 0 unspecified atom stereocenters. The molecule has 0 fully saturated rings. The third-order valence-corrected chi connectivity index (χ3v) is 5.42. The molecule has 8 heteroatoms. The number of anilines is 1. The van der Waals surface area contributed by atoms with Crippen LogP contribution in [0.1, 0.15) is 11.1 Å². The molecule has 2 rings (SSSR count). The Morgan fingerprint density at radius 1 is 1.07 bits per heavy atom. The van der Waals surface area contributed by atoms with Gasteiger partial charge in [-0.05, 0) is 50.3 Å². The zero-order chi connectivity index (χ0) is 21.4. The Balaban J connectivity index is 1.93.